The van der Waals surface area contributed by atoms with Gasteiger partial charge in [0.2, 0.25) is 0 Å². The van der Waals surface area contributed by atoms with Gasteiger partial charge in [-0.25, -0.2) is 4.79 Å². The van der Waals surface area contributed by atoms with Crippen LogP contribution in [-0.2, 0) is 6.54 Å². The summed E-state index contributed by atoms with van der Waals surface area (Å²) in [4.78, 5) is 13.0. The van der Waals surface area contributed by atoms with Crippen molar-refractivity contribution in [3.63, 3.8) is 0 Å². The molecule has 0 saturated heterocycles. The second-order valence-electron chi connectivity index (χ2n) is 6.22. The van der Waals surface area contributed by atoms with E-state index in [9.17, 15) is 9.90 Å². The fourth-order valence-electron chi connectivity index (χ4n) is 3.18. The van der Waals surface area contributed by atoms with E-state index in [0.29, 0.717) is 23.3 Å². The molecule has 1 N–H and O–H groups in total. The smallest absolute Gasteiger partial charge is 0.354 e. The Morgan fingerprint density at radius 2 is 1.56 bits per heavy atom. The van der Waals surface area contributed by atoms with E-state index in [1.807, 2.05) is 91.0 Å². The number of hydrogen-bond donors (Lipinski definition) is 1. The van der Waals surface area contributed by atoms with Crippen LogP contribution in [0.4, 0.5) is 0 Å². The Labute approximate surface area is 156 Å². The number of rotatable bonds is 4. The summed E-state index contributed by atoms with van der Waals surface area (Å²) in [5, 5.41) is 10.9. The maximum Gasteiger partial charge on any atom is 0.354 e. The average Bonchev–Trinajstić information content (AvgIpc) is 2.72. The lowest BCUT2D eigenvalue weighted by Gasteiger charge is -2.08. The first-order valence-electron chi connectivity index (χ1n) is 8.79. The van der Waals surface area contributed by atoms with Gasteiger partial charge in [0.1, 0.15) is 6.54 Å². The van der Waals surface area contributed by atoms with Gasteiger partial charge in [0.25, 0.3) is 11.5 Å². The van der Waals surface area contributed by atoms with E-state index in [0.717, 1.165) is 5.56 Å². The van der Waals surface area contributed by atoms with Crippen molar-refractivity contribution < 1.29 is 9.67 Å². The van der Waals surface area contributed by atoms with Crippen molar-refractivity contribution in [2.45, 2.75) is 6.54 Å². The second-order valence-corrected chi connectivity index (χ2v) is 6.22. The molecule has 0 amide bonds. The molecule has 2 aromatic heterocycles. The summed E-state index contributed by atoms with van der Waals surface area (Å²) in [5.41, 5.74) is 2.47. The molecule has 4 heteroatoms. The number of pyridine rings is 1. The number of nitrogens with zero attached hydrogens (tertiary/aromatic N) is 2. The molecule has 0 aliphatic rings. The molecule has 132 valence electrons. The van der Waals surface area contributed by atoms with Crippen LogP contribution in [0.5, 0.6) is 5.88 Å². The van der Waals surface area contributed by atoms with E-state index < -0.39 is 0 Å². The van der Waals surface area contributed by atoms with Crippen molar-refractivity contribution in [3.05, 3.63) is 107 Å². The number of aromatic hydroxyl groups is 1. The minimum absolute atomic E-state index is 0.0323. The van der Waals surface area contributed by atoms with Gasteiger partial charge in [0, 0.05) is 6.07 Å². The maximum absolute atomic E-state index is 13.0. The predicted molar refractivity (Wildman–Crippen MR) is 106 cm³/mol. The van der Waals surface area contributed by atoms with E-state index in [1.54, 1.807) is 15.2 Å². The molecule has 2 aromatic carbocycles. The van der Waals surface area contributed by atoms with E-state index in [2.05, 4.69) is 0 Å². The molecule has 0 spiro atoms. The third-order valence-corrected chi connectivity index (χ3v) is 4.49. The second kappa shape index (κ2) is 7.30. The van der Waals surface area contributed by atoms with Crippen molar-refractivity contribution in [1.82, 2.24) is 4.40 Å². The number of hydrogen-bond acceptors (Lipinski definition) is 2. The first kappa shape index (κ1) is 16.8. The Bertz CT molecular complexity index is 1160. The van der Waals surface area contributed by atoms with Gasteiger partial charge in [-0.05, 0) is 23.3 Å². The molecular weight excluding hydrogens is 336 g/mol. The number of benzene rings is 2. The van der Waals surface area contributed by atoms with Crippen molar-refractivity contribution in [2.75, 3.05) is 0 Å². The molecule has 27 heavy (non-hydrogen) atoms. The van der Waals surface area contributed by atoms with Crippen LogP contribution < -0.4 is 10.1 Å². The highest BCUT2D eigenvalue weighted by atomic mass is 16.3. The van der Waals surface area contributed by atoms with Crippen LogP contribution in [0.2, 0.25) is 0 Å². The summed E-state index contributed by atoms with van der Waals surface area (Å²) < 4.78 is 3.31. The van der Waals surface area contributed by atoms with Gasteiger partial charge in [-0.2, -0.15) is 8.97 Å². The molecule has 0 aliphatic heterocycles. The zero-order chi connectivity index (χ0) is 18.6. The fourth-order valence-corrected chi connectivity index (χ4v) is 3.18. The Morgan fingerprint density at radius 1 is 0.889 bits per heavy atom. The minimum atomic E-state index is -0.238. The summed E-state index contributed by atoms with van der Waals surface area (Å²) in [7, 11) is 0. The molecule has 4 aromatic rings. The monoisotopic (exact) mass is 355 g/mol. The molecule has 0 fully saturated rings. The van der Waals surface area contributed by atoms with E-state index in [-0.39, 0.29) is 11.4 Å². The van der Waals surface area contributed by atoms with Gasteiger partial charge in [0.15, 0.2) is 5.56 Å². The molecule has 0 radical (unpaired) electrons. The largest absolute Gasteiger partial charge is 0.477 e. The van der Waals surface area contributed by atoms with Crippen LogP contribution in [0.15, 0.2) is 95.9 Å². The average molecular weight is 355 g/mol. The zero-order valence-corrected chi connectivity index (χ0v) is 14.7. The molecule has 2 heterocycles. The molecule has 0 saturated carbocycles. The Balaban J connectivity index is 1.86. The van der Waals surface area contributed by atoms with Gasteiger partial charge < -0.3 is 5.11 Å². The highest BCUT2D eigenvalue weighted by Crippen LogP contribution is 2.22. The quantitative estimate of drug-likeness (QED) is 0.568. The highest BCUT2D eigenvalue weighted by molar-refractivity contribution is 5.67. The van der Waals surface area contributed by atoms with Gasteiger partial charge >= 0.3 is 5.56 Å². The summed E-state index contributed by atoms with van der Waals surface area (Å²) >= 11 is 0. The fraction of sp³-hybridized carbons (Fsp3) is 0.0435. The summed E-state index contributed by atoms with van der Waals surface area (Å²) in [6.45, 7) is 0.439. The topological polar surface area (TPSA) is 45.6 Å². The number of fused-ring (bicyclic) bond motifs is 1. The van der Waals surface area contributed by atoms with Crippen LogP contribution in [0, 0.1) is 0 Å². The molecule has 0 atom stereocenters. The zero-order valence-electron chi connectivity index (χ0n) is 14.7. The standard InChI is InChI=1S/C23H18N2O2/c26-22-21(19-13-5-2-6-14-19)23(27)25(20-15-7-8-16-24(20)22)17-9-12-18-10-3-1-4-11-18/h1-16H,17H2/p+1/b12-9+. The normalized spacial score (nSPS) is 11.3. The lowest BCUT2D eigenvalue weighted by Crippen LogP contribution is -2.40. The van der Waals surface area contributed by atoms with Crippen molar-refractivity contribution in [2.24, 2.45) is 0 Å². The first-order valence-corrected chi connectivity index (χ1v) is 8.79. The highest BCUT2D eigenvalue weighted by Gasteiger charge is 2.23. The first-order chi connectivity index (χ1) is 13.3. The van der Waals surface area contributed by atoms with Crippen LogP contribution in [-0.4, -0.2) is 9.51 Å². The predicted octanol–water partition coefficient (Wildman–Crippen LogP) is 3.67. The summed E-state index contributed by atoms with van der Waals surface area (Å²) in [6.07, 6.45) is 5.70. The van der Waals surface area contributed by atoms with Gasteiger partial charge in [0.05, 0.1) is 6.20 Å². The van der Waals surface area contributed by atoms with E-state index >= 15 is 0 Å². The minimum Gasteiger partial charge on any atom is -0.477 e. The van der Waals surface area contributed by atoms with Crippen molar-refractivity contribution in [1.29, 1.82) is 0 Å². The summed E-state index contributed by atoms with van der Waals surface area (Å²) in [5.74, 6) is -0.0323. The molecule has 4 nitrogen and oxygen atoms in total. The third-order valence-electron chi connectivity index (χ3n) is 4.49. The van der Waals surface area contributed by atoms with Gasteiger partial charge in [-0.3, -0.25) is 0 Å². The van der Waals surface area contributed by atoms with E-state index in [4.69, 9.17) is 0 Å². The van der Waals surface area contributed by atoms with Crippen LogP contribution in [0.3, 0.4) is 0 Å². The SMILES string of the molecule is O=c1c(-c2ccccc2)c(O)[n+](C/C=C/c2ccccc2)c2ccccn12. The van der Waals surface area contributed by atoms with Gasteiger partial charge in [-0.1, -0.05) is 72.8 Å². The number of aromatic nitrogens is 2. The van der Waals surface area contributed by atoms with Gasteiger partial charge in [-0.15, -0.1) is 0 Å². The molecule has 4 rings (SSSR count). The van der Waals surface area contributed by atoms with Crippen molar-refractivity contribution >= 4 is 11.7 Å². The van der Waals surface area contributed by atoms with Crippen LogP contribution >= 0.6 is 0 Å². The third kappa shape index (κ3) is 3.25. The Hall–Kier alpha value is -3.66. The molecule has 0 bridgehead atoms. The lowest BCUT2D eigenvalue weighted by molar-refractivity contribution is -0.670. The Morgan fingerprint density at radius 3 is 2.30 bits per heavy atom. The van der Waals surface area contributed by atoms with E-state index in [1.165, 1.54) is 0 Å². The lowest BCUT2D eigenvalue weighted by atomic mass is 10.1. The summed E-state index contributed by atoms with van der Waals surface area (Å²) in [6, 6.07) is 24.7. The maximum atomic E-state index is 13.0. The Kier molecular flexibility index (Phi) is 4.54. The molecular formula is C23H19N2O2+. The number of allylic oxidation sites excluding steroid dienone is 1. The van der Waals surface area contributed by atoms with Crippen LogP contribution in [0.1, 0.15) is 5.56 Å². The van der Waals surface area contributed by atoms with Crippen LogP contribution in [0.25, 0.3) is 22.9 Å². The molecule has 0 aliphatic carbocycles. The van der Waals surface area contributed by atoms with Crippen molar-refractivity contribution in [3.8, 4) is 17.0 Å². The molecule has 0 unspecified atom stereocenters.